The summed E-state index contributed by atoms with van der Waals surface area (Å²) in [7, 11) is -2.61. The number of rotatable bonds is 3. The highest BCUT2D eigenvalue weighted by Crippen LogP contribution is 2.30. The van der Waals surface area contributed by atoms with Gasteiger partial charge in [0.15, 0.2) is 0 Å². The summed E-state index contributed by atoms with van der Waals surface area (Å²) in [4.78, 5) is 3.97. The minimum absolute atomic E-state index is 0.0903. The van der Waals surface area contributed by atoms with E-state index in [2.05, 4.69) is 9.35 Å². The Morgan fingerprint density at radius 1 is 1.53 bits per heavy atom. The molecule has 92 valence electrons. The highest BCUT2D eigenvalue weighted by atomic mass is 35.5. The molecule has 0 saturated heterocycles. The molecule has 1 rings (SSSR count). The summed E-state index contributed by atoms with van der Waals surface area (Å²) < 4.78 is 15.9. The molecule has 1 heterocycles. The highest BCUT2D eigenvalue weighted by molar-refractivity contribution is 7.93. The summed E-state index contributed by atoms with van der Waals surface area (Å²) in [6, 6.07) is 3.42. The minimum atomic E-state index is -2.61. The summed E-state index contributed by atoms with van der Waals surface area (Å²) in [6.45, 7) is 3.88. The number of hydrogen-bond acceptors (Lipinski definition) is 4. The Balaban J connectivity index is 3.30. The van der Waals surface area contributed by atoms with Gasteiger partial charge in [0.25, 0.3) is 0 Å². The van der Waals surface area contributed by atoms with Crippen molar-refractivity contribution in [1.82, 2.24) is 4.98 Å². The molecule has 0 spiro atoms. The molecule has 0 amide bonds. The first-order chi connectivity index (χ1) is 7.88. The standard InChI is InChI=1S/C11H14ClN3OS/c1-8(2)11(17(3,16)15-7-13)9-4-5-10(12)14-6-9/h4-6,8,11H,1-3H3. The van der Waals surface area contributed by atoms with Crippen LogP contribution in [0.3, 0.4) is 0 Å². The van der Waals surface area contributed by atoms with Gasteiger partial charge < -0.3 is 0 Å². The van der Waals surface area contributed by atoms with Gasteiger partial charge in [-0.1, -0.05) is 31.5 Å². The van der Waals surface area contributed by atoms with E-state index in [1.165, 1.54) is 6.26 Å². The van der Waals surface area contributed by atoms with Crippen molar-refractivity contribution >= 4 is 21.3 Å². The van der Waals surface area contributed by atoms with Crippen molar-refractivity contribution in [2.24, 2.45) is 10.3 Å². The first kappa shape index (κ1) is 13.9. The molecule has 1 aromatic rings. The Bertz CT molecular complexity index is 539. The maximum absolute atomic E-state index is 12.4. The van der Waals surface area contributed by atoms with E-state index in [0.717, 1.165) is 5.56 Å². The second-order valence-electron chi connectivity index (χ2n) is 4.13. The van der Waals surface area contributed by atoms with E-state index in [1.54, 1.807) is 24.5 Å². The maximum atomic E-state index is 12.4. The highest BCUT2D eigenvalue weighted by Gasteiger charge is 2.25. The molecular formula is C11H14ClN3OS. The fourth-order valence-corrected chi connectivity index (χ4v) is 3.88. The third-order valence-electron chi connectivity index (χ3n) is 2.38. The average molecular weight is 272 g/mol. The van der Waals surface area contributed by atoms with Gasteiger partial charge in [-0.15, -0.1) is 4.36 Å². The molecule has 6 heteroatoms. The lowest BCUT2D eigenvalue weighted by Gasteiger charge is -2.21. The van der Waals surface area contributed by atoms with Crippen LogP contribution in [0.5, 0.6) is 0 Å². The van der Waals surface area contributed by atoms with Gasteiger partial charge >= 0.3 is 0 Å². The zero-order valence-corrected chi connectivity index (χ0v) is 11.5. The third kappa shape index (κ3) is 3.42. The van der Waals surface area contributed by atoms with Crippen LogP contribution in [-0.4, -0.2) is 15.4 Å². The predicted octanol–water partition coefficient (Wildman–Crippen LogP) is 3.01. The molecule has 2 atom stereocenters. The van der Waals surface area contributed by atoms with Crippen LogP contribution >= 0.6 is 11.6 Å². The summed E-state index contributed by atoms with van der Waals surface area (Å²) in [5.74, 6) is 0.0903. The first-order valence-corrected chi connectivity index (χ1v) is 7.45. The molecule has 0 aliphatic heterocycles. The lowest BCUT2D eigenvalue weighted by Crippen LogP contribution is -2.17. The van der Waals surface area contributed by atoms with Gasteiger partial charge in [-0.3, -0.25) is 0 Å². The molecule has 0 aromatic carbocycles. The number of pyridine rings is 1. The van der Waals surface area contributed by atoms with E-state index in [4.69, 9.17) is 16.9 Å². The van der Waals surface area contributed by atoms with Gasteiger partial charge in [0.05, 0.1) is 15.0 Å². The number of hydrogen-bond donors (Lipinski definition) is 0. The molecule has 0 N–H and O–H groups in total. The average Bonchev–Trinajstić information content (AvgIpc) is 2.20. The van der Waals surface area contributed by atoms with E-state index < -0.39 is 9.73 Å². The quantitative estimate of drug-likeness (QED) is 0.627. The second-order valence-corrected chi connectivity index (χ2v) is 6.93. The van der Waals surface area contributed by atoms with Crippen molar-refractivity contribution in [2.75, 3.05) is 6.26 Å². The van der Waals surface area contributed by atoms with Gasteiger partial charge in [-0.2, -0.15) is 5.26 Å². The lowest BCUT2D eigenvalue weighted by molar-refractivity contribution is 0.593. The third-order valence-corrected chi connectivity index (χ3v) is 4.80. The van der Waals surface area contributed by atoms with Crippen LogP contribution in [0.2, 0.25) is 5.15 Å². The lowest BCUT2D eigenvalue weighted by atomic mass is 10.0. The van der Waals surface area contributed by atoms with Gasteiger partial charge in [0, 0.05) is 12.5 Å². The monoisotopic (exact) mass is 271 g/mol. The Labute approximate surface area is 107 Å². The molecule has 0 saturated carbocycles. The maximum Gasteiger partial charge on any atom is 0.214 e. The second kappa shape index (κ2) is 5.48. The summed E-state index contributed by atoms with van der Waals surface area (Å²) >= 11 is 5.71. The van der Waals surface area contributed by atoms with Crippen molar-refractivity contribution in [3.63, 3.8) is 0 Å². The molecule has 0 bridgehead atoms. The fourth-order valence-electron chi connectivity index (χ4n) is 1.84. The summed E-state index contributed by atoms with van der Waals surface area (Å²) in [5.41, 5.74) is 0.788. The fraction of sp³-hybridized carbons (Fsp3) is 0.455. The molecule has 2 unspecified atom stereocenters. The van der Waals surface area contributed by atoms with Crippen LogP contribution in [0.1, 0.15) is 24.7 Å². The van der Waals surface area contributed by atoms with Crippen LogP contribution < -0.4 is 0 Å². The zero-order valence-electron chi connectivity index (χ0n) is 9.92. The van der Waals surface area contributed by atoms with E-state index in [-0.39, 0.29) is 11.2 Å². The molecule has 0 radical (unpaired) electrons. The van der Waals surface area contributed by atoms with E-state index in [1.807, 2.05) is 13.8 Å². The number of aromatic nitrogens is 1. The Morgan fingerprint density at radius 3 is 2.59 bits per heavy atom. The molecule has 0 aliphatic carbocycles. The number of nitrogens with zero attached hydrogens (tertiary/aromatic N) is 3. The largest absolute Gasteiger partial charge is 0.248 e. The predicted molar refractivity (Wildman–Crippen MR) is 68.9 cm³/mol. The molecule has 0 fully saturated rings. The van der Waals surface area contributed by atoms with Crippen molar-refractivity contribution < 1.29 is 4.21 Å². The van der Waals surface area contributed by atoms with Crippen LogP contribution in [0.25, 0.3) is 0 Å². The molecule has 4 nitrogen and oxygen atoms in total. The SMILES string of the molecule is CC(C)C(c1ccc(Cl)nc1)S(C)(=O)=NC#N. The van der Waals surface area contributed by atoms with E-state index in [9.17, 15) is 4.21 Å². The van der Waals surface area contributed by atoms with Crippen LogP contribution in [0, 0.1) is 17.4 Å². The minimum Gasteiger partial charge on any atom is -0.248 e. The Morgan fingerprint density at radius 2 is 2.18 bits per heavy atom. The van der Waals surface area contributed by atoms with Crippen LogP contribution in [0.4, 0.5) is 0 Å². The van der Waals surface area contributed by atoms with E-state index >= 15 is 0 Å². The summed E-state index contributed by atoms with van der Waals surface area (Å²) in [6.07, 6.45) is 4.71. The molecular weight excluding hydrogens is 258 g/mol. The zero-order chi connectivity index (χ0) is 13.1. The van der Waals surface area contributed by atoms with Gasteiger partial charge in [-0.05, 0) is 17.5 Å². The normalized spacial score (nSPS) is 16.0. The smallest absolute Gasteiger partial charge is 0.214 e. The van der Waals surface area contributed by atoms with Crippen molar-refractivity contribution in [3.05, 3.63) is 29.0 Å². The number of halogens is 1. The molecule has 17 heavy (non-hydrogen) atoms. The van der Waals surface area contributed by atoms with Crippen molar-refractivity contribution in [2.45, 2.75) is 19.1 Å². The molecule has 0 aliphatic rings. The number of nitriles is 1. The van der Waals surface area contributed by atoms with Gasteiger partial charge in [0.1, 0.15) is 5.15 Å². The first-order valence-electron chi connectivity index (χ1n) is 5.09. The van der Waals surface area contributed by atoms with Crippen molar-refractivity contribution in [1.29, 1.82) is 5.26 Å². The van der Waals surface area contributed by atoms with Crippen LogP contribution in [0.15, 0.2) is 22.7 Å². The van der Waals surface area contributed by atoms with Crippen molar-refractivity contribution in [3.8, 4) is 6.19 Å². The van der Waals surface area contributed by atoms with E-state index in [0.29, 0.717) is 5.15 Å². The molecule has 1 aromatic heterocycles. The summed E-state index contributed by atoms with van der Waals surface area (Å²) in [5, 5.41) is 8.65. The Kier molecular flexibility index (Phi) is 4.49. The topological polar surface area (TPSA) is 66.1 Å². The van der Waals surface area contributed by atoms with Gasteiger partial charge in [0.2, 0.25) is 6.19 Å². The van der Waals surface area contributed by atoms with Gasteiger partial charge in [-0.25, -0.2) is 9.19 Å². The van der Waals surface area contributed by atoms with Crippen LogP contribution in [-0.2, 0) is 9.73 Å². The Hall–Kier alpha value is -1.12.